The van der Waals surface area contributed by atoms with E-state index in [0.29, 0.717) is 0 Å². The Labute approximate surface area is 95.9 Å². The number of ether oxygens (including phenoxy) is 1. The van der Waals surface area contributed by atoms with Gasteiger partial charge in [-0.1, -0.05) is 38.3 Å². The average Bonchev–Trinajstić information content (AvgIpc) is 2.14. The van der Waals surface area contributed by atoms with Gasteiger partial charge in [0.25, 0.3) is 0 Å². The molecule has 0 aromatic carbocycles. The van der Waals surface area contributed by atoms with Crippen molar-refractivity contribution in [1.82, 2.24) is 0 Å². The first kappa shape index (κ1) is 14.7. The lowest BCUT2D eigenvalue weighted by Crippen LogP contribution is -2.19. The summed E-state index contributed by atoms with van der Waals surface area (Å²) >= 11 is 0. The Bertz CT molecular complexity index is 153. The first-order chi connectivity index (χ1) is 7.06. The Balaban J connectivity index is 3.18. The highest BCUT2D eigenvalue weighted by molar-refractivity contribution is 4.81. The molecule has 0 saturated carbocycles. The average molecular weight is 212 g/mol. The number of unbranched alkanes of at least 4 members (excludes halogenated alkanes) is 4. The van der Waals surface area contributed by atoms with Crippen molar-refractivity contribution in [3.8, 4) is 0 Å². The van der Waals surface area contributed by atoms with E-state index >= 15 is 0 Å². The molecule has 1 nitrogen and oxygen atoms in total. The maximum absolute atomic E-state index is 5.62. The molecule has 0 aromatic rings. The fraction of sp³-hybridized carbons (Fsp3) is 0.857. The zero-order chi connectivity index (χ0) is 11.6. The van der Waals surface area contributed by atoms with Crippen molar-refractivity contribution >= 4 is 0 Å². The molecule has 0 rings (SSSR count). The fourth-order valence-corrected chi connectivity index (χ4v) is 1.36. The summed E-state index contributed by atoms with van der Waals surface area (Å²) in [5.41, 5.74) is 0.00889. The van der Waals surface area contributed by atoms with Gasteiger partial charge >= 0.3 is 0 Å². The smallest absolute Gasteiger partial charge is 0.0598 e. The first-order valence-corrected chi connectivity index (χ1v) is 6.35. The van der Waals surface area contributed by atoms with Gasteiger partial charge in [-0.25, -0.2) is 0 Å². The van der Waals surface area contributed by atoms with Gasteiger partial charge in [0, 0.05) is 0 Å². The quantitative estimate of drug-likeness (QED) is 0.418. The number of rotatable bonds is 8. The van der Waals surface area contributed by atoms with Crippen molar-refractivity contribution < 1.29 is 4.74 Å². The number of hydrogen-bond acceptors (Lipinski definition) is 1. The van der Waals surface area contributed by atoms with Crippen LogP contribution in [0.1, 0.15) is 66.2 Å². The Morgan fingerprint density at radius 3 is 2.20 bits per heavy atom. The van der Waals surface area contributed by atoms with E-state index in [-0.39, 0.29) is 5.60 Å². The van der Waals surface area contributed by atoms with E-state index < -0.39 is 0 Å². The third-order valence-electron chi connectivity index (χ3n) is 2.21. The molecule has 0 spiro atoms. The Kier molecular flexibility index (Phi) is 8.79. The second-order valence-electron chi connectivity index (χ2n) is 5.07. The van der Waals surface area contributed by atoms with E-state index in [1.807, 2.05) is 0 Å². The molecule has 0 unspecified atom stereocenters. The van der Waals surface area contributed by atoms with Crippen LogP contribution in [0.4, 0.5) is 0 Å². The predicted molar refractivity (Wildman–Crippen MR) is 68.2 cm³/mol. The molecule has 0 amide bonds. The van der Waals surface area contributed by atoms with Gasteiger partial charge in [0.15, 0.2) is 0 Å². The van der Waals surface area contributed by atoms with Crippen molar-refractivity contribution in [1.29, 1.82) is 0 Å². The summed E-state index contributed by atoms with van der Waals surface area (Å²) < 4.78 is 5.62. The molecule has 0 aliphatic carbocycles. The molecule has 0 saturated heterocycles. The van der Waals surface area contributed by atoms with Gasteiger partial charge in [-0.2, -0.15) is 0 Å². The van der Waals surface area contributed by atoms with E-state index in [0.717, 1.165) is 13.0 Å². The molecule has 0 aliphatic rings. The van der Waals surface area contributed by atoms with Crippen LogP contribution in [0.15, 0.2) is 12.2 Å². The molecule has 0 fully saturated rings. The van der Waals surface area contributed by atoms with Crippen molar-refractivity contribution in [2.45, 2.75) is 71.8 Å². The largest absolute Gasteiger partial charge is 0.376 e. The van der Waals surface area contributed by atoms with E-state index in [1.165, 1.54) is 32.1 Å². The monoisotopic (exact) mass is 212 g/mol. The second-order valence-corrected chi connectivity index (χ2v) is 5.07. The van der Waals surface area contributed by atoms with Crippen LogP contribution in [0.2, 0.25) is 0 Å². The fourth-order valence-electron chi connectivity index (χ4n) is 1.36. The van der Waals surface area contributed by atoms with Crippen molar-refractivity contribution in [2.24, 2.45) is 0 Å². The number of allylic oxidation sites excluding steroid dienone is 1. The minimum absolute atomic E-state index is 0.00889. The topological polar surface area (TPSA) is 9.23 Å². The van der Waals surface area contributed by atoms with Crippen LogP contribution in [0.25, 0.3) is 0 Å². The molecule has 0 N–H and O–H groups in total. The SMILES string of the molecule is CCCCCC/C=C/CCOC(C)(C)C. The summed E-state index contributed by atoms with van der Waals surface area (Å²) in [7, 11) is 0. The summed E-state index contributed by atoms with van der Waals surface area (Å²) in [5.74, 6) is 0. The van der Waals surface area contributed by atoms with Gasteiger partial charge in [0.2, 0.25) is 0 Å². The third kappa shape index (κ3) is 13.7. The summed E-state index contributed by atoms with van der Waals surface area (Å²) in [5, 5.41) is 0. The van der Waals surface area contributed by atoms with E-state index in [4.69, 9.17) is 4.74 Å². The lowest BCUT2D eigenvalue weighted by atomic mass is 10.1. The highest BCUT2D eigenvalue weighted by Crippen LogP contribution is 2.07. The van der Waals surface area contributed by atoms with E-state index in [1.54, 1.807) is 0 Å². The van der Waals surface area contributed by atoms with Crippen LogP contribution < -0.4 is 0 Å². The minimum Gasteiger partial charge on any atom is -0.376 e. The summed E-state index contributed by atoms with van der Waals surface area (Å²) in [6.45, 7) is 9.39. The van der Waals surface area contributed by atoms with E-state index in [2.05, 4.69) is 39.8 Å². The summed E-state index contributed by atoms with van der Waals surface area (Å²) in [4.78, 5) is 0. The van der Waals surface area contributed by atoms with Crippen LogP contribution in [-0.4, -0.2) is 12.2 Å². The molecular weight excluding hydrogens is 184 g/mol. The molecule has 0 radical (unpaired) electrons. The summed E-state index contributed by atoms with van der Waals surface area (Å²) in [6, 6.07) is 0. The van der Waals surface area contributed by atoms with E-state index in [9.17, 15) is 0 Å². The van der Waals surface area contributed by atoms with Crippen LogP contribution in [0, 0.1) is 0 Å². The lowest BCUT2D eigenvalue weighted by molar-refractivity contribution is -0.000124. The van der Waals surface area contributed by atoms with Crippen molar-refractivity contribution in [3.63, 3.8) is 0 Å². The molecule has 0 bridgehead atoms. The standard InChI is InChI=1S/C14H28O/c1-5-6-7-8-9-10-11-12-13-15-14(2,3)4/h10-11H,5-9,12-13H2,1-4H3/b11-10+. The summed E-state index contributed by atoms with van der Waals surface area (Å²) in [6.07, 6.45) is 12.2. The first-order valence-electron chi connectivity index (χ1n) is 6.35. The maximum Gasteiger partial charge on any atom is 0.0598 e. The van der Waals surface area contributed by atoms with Gasteiger partial charge < -0.3 is 4.74 Å². The Morgan fingerprint density at radius 1 is 0.933 bits per heavy atom. The molecule has 0 atom stereocenters. The molecule has 0 aliphatic heterocycles. The highest BCUT2D eigenvalue weighted by Gasteiger charge is 2.07. The van der Waals surface area contributed by atoms with Crippen molar-refractivity contribution in [3.05, 3.63) is 12.2 Å². The zero-order valence-corrected chi connectivity index (χ0v) is 11.0. The number of hydrogen-bond donors (Lipinski definition) is 0. The molecular formula is C14H28O. The molecule has 90 valence electrons. The normalized spacial score (nSPS) is 12.5. The van der Waals surface area contributed by atoms with Gasteiger partial charge in [0.1, 0.15) is 0 Å². The van der Waals surface area contributed by atoms with Gasteiger partial charge in [0.05, 0.1) is 12.2 Å². The Hall–Kier alpha value is -0.300. The van der Waals surface area contributed by atoms with Crippen LogP contribution in [0.5, 0.6) is 0 Å². The lowest BCUT2D eigenvalue weighted by Gasteiger charge is -2.18. The van der Waals surface area contributed by atoms with Gasteiger partial charge in [-0.3, -0.25) is 0 Å². The Morgan fingerprint density at radius 2 is 1.60 bits per heavy atom. The second kappa shape index (κ2) is 8.96. The van der Waals surface area contributed by atoms with Crippen LogP contribution >= 0.6 is 0 Å². The zero-order valence-electron chi connectivity index (χ0n) is 11.0. The molecule has 0 heterocycles. The molecule has 0 aromatic heterocycles. The maximum atomic E-state index is 5.62. The molecule has 1 heteroatoms. The van der Waals surface area contributed by atoms with Crippen molar-refractivity contribution in [2.75, 3.05) is 6.61 Å². The molecule has 15 heavy (non-hydrogen) atoms. The highest BCUT2D eigenvalue weighted by atomic mass is 16.5. The minimum atomic E-state index is 0.00889. The predicted octanol–water partition coefficient (Wildman–Crippen LogP) is 4.72. The third-order valence-corrected chi connectivity index (χ3v) is 2.21. The van der Waals surface area contributed by atoms with Crippen LogP contribution in [0.3, 0.4) is 0 Å². The van der Waals surface area contributed by atoms with Gasteiger partial charge in [-0.05, 0) is 40.0 Å². The van der Waals surface area contributed by atoms with Gasteiger partial charge in [-0.15, -0.1) is 0 Å². The van der Waals surface area contributed by atoms with Crippen LogP contribution in [-0.2, 0) is 4.74 Å².